The van der Waals surface area contributed by atoms with Crippen molar-refractivity contribution in [2.75, 3.05) is 26.9 Å². The van der Waals surface area contributed by atoms with Gasteiger partial charge in [-0.05, 0) is 30.5 Å². The molecule has 1 aliphatic heterocycles. The van der Waals surface area contributed by atoms with Crippen LogP contribution in [0, 0.1) is 0 Å². The molecule has 3 N–H and O–H groups in total. The van der Waals surface area contributed by atoms with Crippen LogP contribution in [-0.4, -0.2) is 37.8 Å². The molecule has 26 heavy (non-hydrogen) atoms. The highest BCUT2D eigenvalue weighted by atomic mass is 35.5. The van der Waals surface area contributed by atoms with E-state index in [0.717, 1.165) is 23.6 Å². The second-order valence-electron chi connectivity index (χ2n) is 6.13. The minimum atomic E-state index is -0.157. The summed E-state index contributed by atoms with van der Waals surface area (Å²) >= 11 is 1.41. The lowest BCUT2D eigenvalue weighted by molar-refractivity contribution is 0.0486. The van der Waals surface area contributed by atoms with Gasteiger partial charge < -0.3 is 20.5 Å². The number of hydrogen-bond acceptors (Lipinski definition) is 6. The molecule has 1 fully saturated rings. The second-order valence-corrected chi connectivity index (χ2v) is 7.08. The van der Waals surface area contributed by atoms with Crippen LogP contribution in [0.4, 0.5) is 0 Å². The highest BCUT2D eigenvalue weighted by molar-refractivity contribution is 7.09. The first-order valence-electron chi connectivity index (χ1n) is 8.32. The molecule has 0 unspecified atom stereocenters. The predicted octanol–water partition coefficient (Wildman–Crippen LogP) is 2.51. The maximum atomic E-state index is 12.4. The third-order valence-electron chi connectivity index (χ3n) is 4.70. The van der Waals surface area contributed by atoms with Gasteiger partial charge in [-0.25, -0.2) is 4.98 Å². The molecule has 0 aliphatic carbocycles. The Morgan fingerprint density at radius 3 is 2.62 bits per heavy atom. The Balaban J connectivity index is 0.00000243. The molecule has 0 atom stereocenters. The van der Waals surface area contributed by atoms with Crippen molar-refractivity contribution in [2.45, 2.75) is 24.8 Å². The van der Waals surface area contributed by atoms with Gasteiger partial charge in [0, 0.05) is 37.1 Å². The van der Waals surface area contributed by atoms with Crippen LogP contribution in [0.2, 0.25) is 0 Å². The van der Waals surface area contributed by atoms with Crippen LogP contribution >= 0.6 is 23.7 Å². The molecule has 0 radical (unpaired) electrons. The number of ether oxygens (including phenoxy) is 2. The molecule has 2 aromatic rings. The first kappa shape index (κ1) is 20.6. The van der Waals surface area contributed by atoms with Gasteiger partial charge in [0.15, 0.2) is 0 Å². The molecule has 1 aliphatic rings. The van der Waals surface area contributed by atoms with Crippen LogP contribution in [0.15, 0.2) is 29.6 Å². The number of nitrogens with zero attached hydrogens (tertiary/aromatic N) is 1. The van der Waals surface area contributed by atoms with Crippen molar-refractivity contribution >= 4 is 29.7 Å². The van der Waals surface area contributed by atoms with Crippen molar-refractivity contribution in [1.82, 2.24) is 10.3 Å². The minimum absolute atomic E-state index is 0. The van der Waals surface area contributed by atoms with Gasteiger partial charge in [-0.3, -0.25) is 4.79 Å². The summed E-state index contributed by atoms with van der Waals surface area (Å²) in [5.74, 6) is 0.669. The van der Waals surface area contributed by atoms with E-state index in [1.807, 2.05) is 12.1 Å². The average molecular weight is 398 g/mol. The molecule has 1 amide bonds. The summed E-state index contributed by atoms with van der Waals surface area (Å²) in [6.07, 6.45) is 1.73. The highest BCUT2D eigenvalue weighted by Crippen LogP contribution is 2.35. The van der Waals surface area contributed by atoms with Crippen LogP contribution in [0.1, 0.15) is 33.9 Å². The lowest BCUT2D eigenvalue weighted by Gasteiger charge is -2.38. The third kappa shape index (κ3) is 4.54. The summed E-state index contributed by atoms with van der Waals surface area (Å²) in [5.41, 5.74) is 7.06. The molecule has 0 spiro atoms. The van der Waals surface area contributed by atoms with Gasteiger partial charge in [0.05, 0.1) is 7.11 Å². The molecule has 0 saturated carbocycles. The quantitative estimate of drug-likeness (QED) is 0.782. The van der Waals surface area contributed by atoms with Gasteiger partial charge in [-0.1, -0.05) is 12.1 Å². The topological polar surface area (TPSA) is 86.5 Å². The molecule has 8 heteroatoms. The normalized spacial score (nSPS) is 15.8. The second kappa shape index (κ2) is 9.32. The van der Waals surface area contributed by atoms with Crippen molar-refractivity contribution in [2.24, 2.45) is 5.73 Å². The summed E-state index contributed by atoms with van der Waals surface area (Å²) in [4.78, 5) is 16.7. The van der Waals surface area contributed by atoms with E-state index >= 15 is 0 Å². The number of nitrogens with two attached hydrogens (primary N) is 1. The molecule has 0 bridgehead atoms. The number of hydrogen-bond donors (Lipinski definition) is 2. The van der Waals surface area contributed by atoms with Gasteiger partial charge in [-0.15, -0.1) is 23.7 Å². The fourth-order valence-electron chi connectivity index (χ4n) is 3.12. The van der Waals surface area contributed by atoms with E-state index in [4.69, 9.17) is 15.2 Å². The number of benzene rings is 1. The fraction of sp³-hybridized carbons (Fsp3) is 0.444. The van der Waals surface area contributed by atoms with Gasteiger partial charge in [0.2, 0.25) is 0 Å². The highest BCUT2D eigenvalue weighted by Gasteiger charge is 2.35. The number of carbonyl (C=O) groups excluding carboxylic acids is 1. The maximum Gasteiger partial charge on any atom is 0.270 e. The zero-order valence-electron chi connectivity index (χ0n) is 14.7. The Hall–Kier alpha value is -1.67. The number of halogens is 1. The van der Waals surface area contributed by atoms with E-state index in [1.54, 1.807) is 12.5 Å². The Kier molecular flexibility index (Phi) is 7.40. The molecule has 142 valence electrons. The molecule has 1 saturated heterocycles. The molecular formula is C18H24ClN3O3S. The summed E-state index contributed by atoms with van der Waals surface area (Å²) in [7, 11) is 1.66. The molecule has 6 nitrogen and oxygen atoms in total. The Labute approximate surface area is 163 Å². The molecule has 2 heterocycles. The molecule has 1 aromatic carbocycles. The lowest BCUT2D eigenvalue weighted by atomic mass is 9.74. The van der Waals surface area contributed by atoms with Crippen molar-refractivity contribution < 1.29 is 14.3 Å². The Morgan fingerprint density at radius 2 is 2.04 bits per heavy atom. The van der Waals surface area contributed by atoms with E-state index < -0.39 is 0 Å². The average Bonchev–Trinajstić information content (AvgIpc) is 3.16. The van der Waals surface area contributed by atoms with Gasteiger partial charge in [0.1, 0.15) is 16.5 Å². The first-order chi connectivity index (χ1) is 12.2. The number of nitrogens with one attached hydrogen (secondary N) is 1. The van der Waals surface area contributed by atoms with E-state index in [9.17, 15) is 4.79 Å². The van der Waals surface area contributed by atoms with Crippen molar-refractivity contribution in [1.29, 1.82) is 0 Å². The van der Waals surface area contributed by atoms with Gasteiger partial charge >= 0.3 is 0 Å². The van der Waals surface area contributed by atoms with E-state index in [-0.39, 0.29) is 23.7 Å². The number of amides is 1. The summed E-state index contributed by atoms with van der Waals surface area (Å²) in [5, 5.41) is 5.57. The number of methoxy groups -OCH3 is 1. The standard InChI is InChI=1S/C18H23N3O3S.ClH/c1-23-14-4-2-13(3-5-14)18(6-8-24-9-7-18)12-20-17(22)15-11-25-16(10-19)21-15;/h2-5,11H,6-10,12,19H2,1H3,(H,20,22);1H. The Bertz CT molecular complexity index is 715. The maximum absolute atomic E-state index is 12.4. The summed E-state index contributed by atoms with van der Waals surface area (Å²) < 4.78 is 10.8. The van der Waals surface area contributed by atoms with Gasteiger partial charge in [-0.2, -0.15) is 0 Å². The van der Waals surface area contributed by atoms with Crippen LogP contribution in [-0.2, 0) is 16.7 Å². The van der Waals surface area contributed by atoms with Gasteiger partial charge in [0.25, 0.3) is 5.91 Å². The summed E-state index contributed by atoms with van der Waals surface area (Å²) in [6.45, 7) is 2.29. The van der Waals surface area contributed by atoms with E-state index in [2.05, 4.69) is 22.4 Å². The van der Waals surface area contributed by atoms with Crippen LogP contribution in [0.25, 0.3) is 0 Å². The number of carbonyl (C=O) groups is 1. The Morgan fingerprint density at radius 1 is 1.35 bits per heavy atom. The monoisotopic (exact) mass is 397 g/mol. The largest absolute Gasteiger partial charge is 0.497 e. The smallest absolute Gasteiger partial charge is 0.270 e. The zero-order valence-corrected chi connectivity index (χ0v) is 16.3. The molecule has 3 rings (SSSR count). The lowest BCUT2D eigenvalue weighted by Crippen LogP contribution is -2.44. The van der Waals surface area contributed by atoms with Crippen LogP contribution in [0.5, 0.6) is 5.75 Å². The van der Waals surface area contributed by atoms with E-state index in [0.29, 0.717) is 32.0 Å². The van der Waals surface area contributed by atoms with Crippen molar-refractivity contribution in [3.05, 3.63) is 45.9 Å². The first-order valence-corrected chi connectivity index (χ1v) is 9.20. The number of thiazole rings is 1. The van der Waals surface area contributed by atoms with Crippen molar-refractivity contribution in [3.63, 3.8) is 0 Å². The zero-order chi connectivity index (χ0) is 17.7. The summed E-state index contributed by atoms with van der Waals surface area (Å²) in [6, 6.07) is 8.07. The minimum Gasteiger partial charge on any atom is -0.497 e. The molecular weight excluding hydrogens is 374 g/mol. The van der Waals surface area contributed by atoms with Crippen molar-refractivity contribution in [3.8, 4) is 5.75 Å². The third-order valence-corrected chi connectivity index (χ3v) is 5.57. The van der Waals surface area contributed by atoms with Crippen LogP contribution < -0.4 is 15.8 Å². The van der Waals surface area contributed by atoms with E-state index in [1.165, 1.54) is 16.9 Å². The number of rotatable bonds is 6. The predicted molar refractivity (Wildman–Crippen MR) is 104 cm³/mol. The number of aromatic nitrogens is 1. The molecule has 1 aromatic heterocycles. The SMILES string of the molecule is COc1ccc(C2(CNC(=O)c3csc(CN)n3)CCOCC2)cc1.Cl. The van der Waals surface area contributed by atoms with Crippen LogP contribution in [0.3, 0.4) is 0 Å². The fourth-order valence-corrected chi connectivity index (χ4v) is 3.78.